The highest BCUT2D eigenvalue weighted by Gasteiger charge is 2.25. The lowest BCUT2D eigenvalue weighted by Crippen LogP contribution is -2.38. The summed E-state index contributed by atoms with van der Waals surface area (Å²) in [4.78, 5) is 6.61. The van der Waals surface area contributed by atoms with Gasteiger partial charge in [0.05, 0.1) is 16.4 Å². The molecule has 9 nitrogen and oxygen atoms in total. The zero-order valence-corrected chi connectivity index (χ0v) is 17.6. The molecule has 0 unspecified atom stereocenters. The first-order valence-corrected chi connectivity index (χ1v) is 10.7. The molecule has 162 valence electrons. The molecule has 3 aromatic rings. The number of thiazole rings is 1. The van der Waals surface area contributed by atoms with Crippen LogP contribution >= 0.6 is 11.3 Å². The lowest BCUT2D eigenvalue weighted by molar-refractivity contribution is 0.219. The number of aromatic nitrogens is 5. The van der Waals surface area contributed by atoms with Gasteiger partial charge in [0.1, 0.15) is 19.5 Å². The first-order valence-electron chi connectivity index (χ1n) is 9.81. The summed E-state index contributed by atoms with van der Waals surface area (Å²) in [6.45, 7) is 5.64. The highest BCUT2D eigenvalue weighted by molar-refractivity contribution is 7.09. The molecule has 1 N–H and O–H groups in total. The summed E-state index contributed by atoms with van der Waals surface area (Å²) in [5, 5.41) is 21.8. The van der Waals surface area contributed by atoms with Crippen LogP contribution in [-0.4, -0.2) is 55.8 Å². The number of nitrogens with zero attached hydrogens (tertiary/aromatic N) is 6. The van der Waals surface area contributed by atoms with Gasteiger partial charge in [-0.15, -0.1) is 16.4 Å². The predicted octanol–water partition coefficient (Wildman–Crippen LogP) is 3.15. The molecule has 0 saturated carbocycles. The van der Waals surface area contributed by atoms with Crippen molar-refractivity contribution < 1.29 is 13.9 Å². The van der Waals surface area contributed by atoms with Gasteiger partial charge in [-0.05, 0) is 35.4 Å². The van der Waals surface area contributed by atoms with Gasteiger partial charge in [0.15, 0.2) is 11.6 Å². The fraction of sp³-hybridized carbons (Fsp3) is 0.350. The fourth-order valence-corrected chi connectivity index (χ4v) is 4.29. The lowest BCUT2D eigenvalue weighted by Gasteiger charge is -2.31. The van der Waals surface area contributed by atoms with E-state index in [2.05, 4.69) is 27.1 Å². The summed E-state index contributed by atoms with van der Waals surface area (Å²) < 4.78 is 26.7. The number of piperidine rings is 1. The van der Waals surface area contributed by atoms with Crippen molar-refractivity contribution in [3.8, 4) is 11.4 Å². The van der Waals surface area contributed by atoms with Gasteiger partial charge in [0.2, 0.25) is 0 Å². The smallest absolute Gasteiger partial charge is 0.284 e. The lowest BCUT2D eigenvalue weighted by atomic mass is 9.98. The van der Waals surface area contributed by atoms with Crippen LogP contribution in [0.25, 0.3) is 5.69 Å². The van der Waals surface area contributed by atoms with Gasteiger partial charge in [-0.2, -0.15) is 0 Å². The molecule has 0 spiro atoms. The van der Waals surface area contributed by atoms with Gasteiger partial charge in [0.25, 0.3) is 6.02 Å². The minimum atomic E-state index is -0.489. The maximum atomic E-state index is 14.4. The molecule has 1 aliphatic rings. The maximum Gasteiger partial charge on any atom is 0.284 e. The largest absolute Gasteiger partial charge is 0.484 e. The van der Waals surface area contributed by atoms with E-state index in [4.69, 9.17) is 14.9 Å². The number of amidine groups is 1. The number of benzene rings is 1. The summed E-state index contributed by atoms with van der Waals surface area (Å²) in [5.41, 5.74) is 1.29. The average molecular weight is 444 g/mol. The monoisotopic (exact) mass is 443 g/mol. The van der Waals surface area contributed by atoms with Crippen LogP contribution in [0.2, 0.25) is 0 Å². The van der Waals surface area contributed by atoms with Crippen LogP contribution in [0.15, 0.2) is 42.6 Å². The molecule has 1 aromatic carbocycles. The number of tetrazole rings is 1. The second-order valence-electron chi connectivity index (χ2n) is 7.00. The molecular weight excluding hydrogens is 421 g/mol. The van der Waals surface area contributed by atoms with E-state index in [1.165, 1.54) is 17.1 Å². The third-order valence-corrected chi connectivity index (χ3v) is 6.00. The van der Waals surface area contributed by atoms with Crippen LogP contribution in [-0.2, 0) is 11.3 Å². The Balaban J connectivity index is 1.30. The number of halogens is 1. The minimum absolute atomic E-state index is 0.151. The van der Waals surface area contributed by atoms with Crippen LogP contribution in [0.1, 0.15) is 29.5 Å². The number of ether oxygens (including phenoxy) is 2. The van der Waals surface area contributed by atoms with Gasteiger partial charge in [0, 0.05) is 30.5 Å². The van der Waals surface area contributed by atoms with Crippen LogP contribution in [0.4, 0.5) is 4.39 Å². The van der Waals surface area contributed by atoms with Crippen LogP contribution in [0.5, 0.6) is 5.75 Å². The Labute approximate surface area is 182 Å². The first-order chi connectivity index (χ1) is 15.1. The van der Waals surface area contributed by atoms with E-state index in [0.29, 0.717) is 18.2 Å². The average Bonchev–Trinajstić information content (AvgIpc) is 3.49. The van der Waals surface area contributed by atoms with Gasteiger partial charge >= 0.3 is 0 Å². The summed E-state index contributed by atoms with van der Waals surface area (Å²) >= 11 is 1.59. The van der Waals surface area contributed by atoms with Crippen LogP contribution in [0, 0.1) is 11.2 Å². The molecule has 11 heteroatoms. The van der Waals surface area contributed by atoms with Gasteiger partial charge in [-0.25, -0.2) is 14.1 Å². The van der Waals surface area contributed by atoms with Crippen molar-refractivity contribution in [3.05, 3.63) is 59.1 Å². The van der Waals surface area contributed by atoms with Gasteiger partial charge in [-0.3, -0.25) is 5.41 Å². The number of hydrogen-bond donors (Lipinski definition) is 1. The van der Waals surface area contributed by atoms with Gasteiger partial charge in [-0.1, -0.05) is 12.7 Å². The highest BCUT2D eigenvalue weighted by Crippen LogP contribution is 2.31. The number of rotatable bonds is 7. The second-order valence-corrected chi connectivity index (χ2v) is 7.89. The highest BCUT2D eigenvalue weighted by atomic mass is 32.1. The van der Waals surface area contributed by atoms with Gasteiger partial charge < -0.3 is 14.4 Å². The quantitative estimate of drug-likeness (QED) is 0.340. The van der Waals surface area contributed by atoms with E-state index in [1.807, 2.05) is 10.3 Å². The Morgan fingerprint density at radius 1 is 1.35 bits per heavy atom. The van der Waals surface area contributed by atoms with Crippen LogP contribution in [0.3, 0.4) is 0 Å². The SMILES string of the molecule is C=CCOC(=N)N1CCC(c2nc(COc3ccc(-n4cnnn4)cc3F)cs2)CC1. The summed E-state index contributed by atoms with van der Waals surface area (Å²) in [6.07, 6.45) is 4.84. The first kappa shape index (κ1) is 20.9. The van der Waals surface area contributed by atoms with E-state index < -0.39 is 5.82 Å². The minimum Gasteiger partial charge on any atom is -0.484 e. The molecule has 0 atom stereocenters. The normalized spacial score (nSPS) is 14.4. The molecule has 2 aromatic heterocycles. The van der Waals surface area contributed by atoms with Crippen molar-refractivity contribution in [2.45, 2.75) is 25.4 Å². The molecule has 31 heavy (non-hydrogen) atoms. The van der Waals surface area contributed by atoms with Crippen molar-refractivity contribution in [1.82, 2.24) is 30.1 Å². The van der Waals surface area contributed by atoms with E-state index in [9.17, 15) is 4.39 Å². The topological polar surface area (TPSA) is 102 Å². The van der Waals surface area contributed by atoms with E-state index in [-0.39, 0.29) is 18.4 Å². The van der Waals surface area contributed by atoms with E-state index >= 15 is 0 Å². The molecule has 1 saturated heterocycles. The predicted molar refractivity (Wildman–Crippen MR) is 113 cm³/mol. The van der Waals surface area contributed by atoms with Crippen molar-refractivity contribution >= 4 is 17.4 Å². The number of likely N-dealkylation sites (tertiary alicyclic amines) is 1. The summed E-state index contributed by atoms with van der Waals surface area (Å²) in [7, 11) is 0. The molecule has 0 bridgehead atoms. The molecule has 4 rings (SSSR count). The number of nitrogens with one attached hydrogen (secondary N) is 1. The standard InChI is InChI=1S/C20H22FN7O2S/c1-2-9-29-20(22)27-7-5-14(6-8-27)19-24-15(12-31-19)11-30-18-4-3-16(10-17(18)21)28-13-23-25-26-28/h2-4,10,12-14,22H,1,5-9,11H2. The van der Waals surface area contributed by atoms with E-state index in [0.717, 1.165) is 36.6 Å². The Kier molecular flexibility index (Phi) is 6.51. The van der Waals surface area contributed by atoms with Crippen LogP contribution < -0.4 is 4.74 Å². The number of hydrogen-bond acceptors (Lipinski definition) is 8. The molecule has 1 aliphatic heterocycles. The van der Waals surface area contributed by atoms with Crippen molar-refractivity contribution in [2.75, 3.05) is 19.7 Å². The van der Waals surface area contributed by atoms with Crippen molar-refractivity contribution in [1.29, 1.82) is 5.41 Å². The zero-order valence-electron chi connectivity index (χ0n) is 16.8. The van der Waals surface area contributed by atoms with Crippen molar-refractivity contribution in [3.63, 3.8) is 0 Å². The third kappa shape index (κ3) is 5.05. The van der Waals surface area contributed by atoms with Crippen molar-refractivity contribution in [2.24, 2.45) is 0 Å². The molecule has 1 fully saturated rings. The molecule has 3 heterocycles. The Morgan fingerprint density at radius 3 is 2.90 bits per heavy atom. The summed E-state index contributed by atoms with van der Waals surface area (Å²) in [6, 6.07) is 4.76. The summed E-state index contributed by atoms with van der Waals surface area (Å²) in [5.74, 6) is 0.00387. The Morgan fingerprint density at radius 2 is 2.19 bits per heavy atom. The maximum absolute atomic E-state index is 14.4. The Bertz CT molecular complexity index is 1030. The van der Waals surface area contributed by atoms with E-state index in [1.54, 1.807) is 29.5 Å². The molecule has 0 amide bonds. The second kappa shape index (κ2) is 9.65. The zero-order chi connectivity index (χ0) is 21.6. The molecule has 0 aliphatic carbocycles. The Hall–Kier alpha value is -3.34. The fourth-order valence-electron chi connectivity index (χ4n) is 3.32. The molecule has 0 radical (unpaired) electrons. The molecular formula is C20H22FN7O2S. The third-order valence-electron chi connectivity index (χ3n) is 4.94.